The summed E-state index contributed by atoms with van der Waals surface area (Å²) in [5, 5.41) is 10.2. The van der Waals surface area contributed by atoms with Crippen LogP contribution in [-0.2, 0) is 12.8 Å². The molecule has 4 heteroatoms. The number of methoxy groups -OCH3 is 2. The fraction of sp³-hybridized carbons (Fsp3) is 0.455. The van der Waals surface area contributed by atoms with E-state index in [1.165, 1.54) is 5.56 Å². The molecule has 1 atom stereocenters. The smallest absolute Gasteiger partial charge is 0.134 e. The minimum Gasteiger partial charge on any atom is -0.496 e. The molecule has 4 nitrogen and oxygen atoms in total. The highest BCUT2D eigenvalue weighted by Crippen LogP contribution is 2.46. The number of ether oxygens (including phenoxy) is 3. The molecule has 3 rings (SSSR count). The van der Waals surface area contributed by atoms with Crippen LogP contribution in [0.25, 0.3) is 0 Å². The van der Waals surface area contributed by atoms with Crippen molar-refractivity contribution in [2.45, 2.75) is 51.2 Å². The zero-order valence-corrected chi connectivity index (χ0v) is 16.0. The summed E-state index contributed by atoms with van der Waals surface area (Å²) in [5.74, 6) is 2.40. The first-order valence-electron chi connectivity index (χ1n) is 9.13. The van der Waals surface area contributed by atoms with Gasteiger partial charge in [0, 0.05) is 17.2 Å². The molecule has 0 radical (unpaired) electrons. The Kier molecular flexibility index (Phi) is 5.42. The molecule has 2 aromatic carbocycles. The van der Waals surface area contributed by atoms with Crippen LogP contribution >= 0.6 is 0 Å². The summed E-state index contributed by atoms with van der Waals surface area (Å²) in [6.45, 7) is 3.64. The Balaban J connectivity index is 2.01. The fourth-order valence-electron chi connectivity index (χ4n) is 3.49. The normalized spacial score (nSPS) is 16.6. The van der Waals surface area contributed by atoms with E-state index in [2.05, 4.69) is 12.1 Å². The molecule has 26 heavy (non-hydrogen) atoms. The Labute approximate surface area is 155 Å². The SMILES string of the molecule is COc1cc(OC)c(CCC(C)(C)O)c2c1CC[C@@H](c1ccccc1)O2. The van der Waals surface area contributed by atoms with Crippen molar-refractivity contribution in [2.24, 2.45) is 0 Å². The quantitative estimate of drug-likeness (QED) is 0.829. The van der Waals surface area contributed by atoms with Crippen LogP contribution < -0.4 is 14.2 Å². The van der Waals surface area contributed by atoms with Crippen LogP contribution in [0, 0.1) is 0 Å². The molecule has 1 heterocycles. The molecule has 0 aromatic heterocycles. The molecule has 1 N–H and O–H groups in total. The molecule has 0 unspecified atom stereocenters. The van der Waals surface area contributed by atoms with Gasteiger partial charge in [-0.1, -0.05) is 30.3 Å². The predicted molar refractivity (Wildman–Crippen MR) is 102 cm³/mol. The van der Waals surface area contributed by atoms with E-state index in [1.54, 1.807) is 14.2 Å². The van der Waals surface area contributed by atoms with Gasteiger partial charge in [0.2, 0.25) is 0 Å². The van der Waals surface area contributed by atoms with E-state index < -0.39 is 5.60 Å². The van der Waals surface area contributed by atoms with E-state index in [-0.39, 0.29) is 6.10 Å². The average molecular weight is 356 g/mol. The lowest BCUT2D eigenvalue weighted by molar-refractivity contribution is 0.0707. The number of aliphatic hydroxyl groups is 1. The molecule has 0 saturated carbocycles. The first-order chi connectivity index (χ1) is 12.4. The van der Waals surface area contributed by atoms with Crippen molar-refractivity contribution in [2.75, 3.05) is 14.2 Å². The summed E-state index contributed by atoms with van der Waals surface area (Å²) in [5.41, 5.74) is 2.52. The third-order valence-corrected chi connectivity index (χ3v) is 4.92. The van der Waals surface area contributed by atoms with Crippen molar-refractivity contribution in [3.8, 4) is 17.2 Å². The number of fused-ring (bicyclic) bond motifs is 1. The lowest BCUT2D eigenvalue weighted by Crippen LogP contribution is -2.21. The summed E-state index contributed by atoms with van der Waals surface area (Å²) >= 11 is 0. The lowest BCUT2D eigenvalue weighted by atomic mass is 9.91. The van der Waals surface area contributed by atoms with E-state index in [9.17, 15) is 5.11 Å². The van der Waals surface area contributed by atoms with Crippen LogP contribution in [0.5, 0.6) is 17.2 Å². The van der Waals surface area contributed by atoms with Gasteiger partial charge in [-0.15, -0.1) is 0 Å². The van der Waals surface area contributed by atoms with E-state index >= 15 is 0 Å². The van der Waals surface area contributed by atoms with E-state index in [4.69, 9.17) is 14.2 Å². The molecule has 0 aliphatic carbocycles. The lowest BCUT2D eigenvalue weighted by Gasteiger charge is -2.31. The van der Waals surface area contributed by atoms with Crippen molar-refractivity contribution in [1.82, 2.24) is 0 Å². The zero-order chi connectivity index (χ0) is 18.7. The maximum atomic E-state index is 10.2. The standard InChI is InChI=1S/C22H28O4/c1-22(2,23)13-12-17-20(25-4)14-19(24-3)16-10-11-18(26-21(16)17)15-8-6-5-7-9-15/h5-9,14,18,23H,10-13H2,1-4H3/t18-/m0/s1. The van der Waals surface area contributed by atoms with Crippen LogP contribution in [0.1, 0.15) is 49.5 Å². The molecule has 2 aromatic rings. The molecule has 140 valence electrons. The number of hydrogen-bond donors (Lipinski definition) is 1. The average Bonchev–Trinajstić information content (AvgIpc) is 2.65. The molecule has 0 amide bonds. The van der Waals surface area contributed by atoms with Gasteiger partial charge in [0.25, 0.3) is 0 Å². The summed E-state index contributed by atoms with van der Waals surface area (Å²) < 4.78 is 17.7. The summed E-state index contributed by atoms with van der Waals surface area (Å²) in [7, 11) is 3.33. The highest BCUT2D eigenvalue weighted by Gasteiger charge is 2.29. The van der Waals surface area contributed by atoms with Crippen LogP contribution in [0.3, 0.4) is 0 Å². The minimum atomic E-state index is -0.745. The van der Waals surface area contributed by atoms with E-state index in [0.717, 1.165) is 41.2 Å². The predicted octanol–water partition coefficient (Wildman–Crippen LogP) is 4.47. The van der Waals surface area contributed by atoms with Crippen molar-refractivity contribution in [3.63, 3.8) is 0 Å². The van der Waals surface area contributed by atoms with Crippen molar-refractivity contribution in [1.29, 1.82) is 0 Å². The van der Waals surface area contributed by atoms with Crippen molar-refractivity contribution >= 4 is 0 Å². The first kappa shape index (κ1) is 18.6. The fourth-order valence-corrected chi connectivity index (χ4v) is 3.49. The second kappa shape index (κ2) is 7.58. The Bertz CT molecular complexity index is 747. The monoisotopic (exact) mass is 356 g/mol. The highest BCUT2D eigenvalue weighted by atomic mass is 16.5. The number of hydrogen-bond acceptors (Lipinski definition) is 4. The Hall–Kier alpha value is -2.20. The van der Waals surface area contributed by atoms with Crippen molar-refractivity contribution in [3.05, 3.63) is 53.1 Å². The summed E-state index contributed by atoms with van der Waals surface area (Å²) in [4.78, 5) is 0. The van der Waals surface area contributed by atoms with Gasteiger partial charge in [-0.05, 0) is 45.1 Å². The van der Waals surface area contributed by atoms with Gasteiger partial charge >= 0.3 is 0 Å². The van der Waals surface area contributed by atoms with E-state index in [0.29, 0.717) is 12.8 Å². The van der Waals surface area contributed by atoms with Gasteiger partial charge in [-0.25, -0.2) is 0 Å². The number of rotatable bonds is 6. The first-order valence-corrected chi connectivity index (χ1v) is 9.13. The van der Waals surface area contributed by atoms with Crippen molar-refractivity contribution < 1.29 is 19.3 Å². The molecule has 0 spiro atoms. The summed E-state index contributed by atoms with van der Waals surface area (Å²) in [6.07, 6.45) is 3.12. The molecule has 0 saturated heterocycles. The van der Waals surface area contributed by atoms with Crippen LogP contribution in [-0.4, -0.2) is 24.9 Å². The Morgan fingerprint density at radius 3 is 2.42 bits per heavy atom. The zero-order valence-electron chi connectivity index (χ0n) is 16.0. The van der Waals surface area contributed by atoms with Crippen LogP contribution in [0.4, 0.5) is 0 Å². The number of benzene rings is 2. The maximum Gasteiger partial charge on any atom is 0.134 e. The van der Waals surface area contributed by atoms with Crippen LogP contribution in [0.15, 0.2) is 36.4 Å². The van der Waals surface area contributed by atoms with Gasteiger partial charge in [0.1, 0.15) is 23.4 Å². The van der Waals surface area contributed by atoms with Gasteiger partial charge in [0.15, 0.2) is 0 Å². The third-order valence-electron chi connectivity index (χ3n) is 4.92. The minimum absolute atomic E-state index is 0.0152. The van der Waals surface area contributed by atoms with Gasteiger partial charge in [0.05, 0.1) is 19.8 Å². The van der Waals surface area contributed by atoms with E-state index in [1.807, 2.05) is 38.1 Å². The van der Waals surface area contributed by atoms with Gasteiger partial charge < -0.3 is 19.3 Å². The maximum absolute atomic E-state index is 10.2. The topological polar surface area (TPSA) is 47.9 Å². The molecule has 0 fully saturated rings. The molecule has 1 aliphatic rings. The molecule has 0 bridgehead atoms. The molecular weight excluding hydrogens is 328 g/mol. The second-order valence-corrected chi connectivity index (χ2v) is 7.44. The Morgan fingerprint density at radius 2 is 1.81 bits per heavy atom. The third kappa shape index (κ3) is 3.96. The largest absolute Gasteiger partial charge is 0.496 e. The Morgan fingerprint density at radius 1 is 1.12 bits per heavy atom. The van der Waals surface area contributed by atoms with Gasteiger partial charge in [-0.2, -0.15) is 0 Å². The van der Waals surface area contributed by atoms with Crippen LogP contribution in [0.2, 0.25) is 0 Å². The van der Waals surface area contributed by atoms with Gasteiger partial charge in [-0.3, -0.25) is 0 Å². The molecule has 1 aliphatic heterocycles. The highest BCUT2D eigenvalue weighted by molar-refractivity contribution is 5.58. The second-order valence-electron chi connectivity index (χ2n) is 7.44. The molecular formula is C22H28O4. The summed E-state index contributed by atoms with van der Waals surface area (Å²) in [6, 6.07) is 12.2.